The quantitative estimate of drug-likeness (QED) is 0.403. The SMILES string of the molecule is Fc1cc(CCC2CCC(C3CCC(C=CBr)CC3)CC2)ccc1OC(F)F. The van der Waals surface area contributed by atoms with Crippen molar-refractivity contribution in [1.29, 1.82) is 0 Å². The Bertz CT molecular complexity index is 633. The van der Waals surface area contributed by atoms with Gasteiger partial charge in [-0.3, -0.25) is 0 Å². The van der Waals surface area contributed by atoms with E-state index in [1.807, 2.05) is 4.99 Å². The Kier molecular flexibility index (Phi) is 8.31. The molecule has 2 fully saturated rings. The number of aryl methyl sites for hydroxylation is 1. The van der Waals surface area contributed by atoms with Gasteiger partial charge < -0.3 is 4.74 Å². The minimum Gasteiger partial charge on any atom is -0.432 e. The monoisotopic (exact) mass is 458 g/mol. The summed E-state index contributed by atoms with van der Waals surface area (Å²) in [7, 11) is 0. The predicted octanol–water partition coefficient (Wildman–Crippen LogP) is 7.88. The number of hydrogen-bond acceptors (Lipinski definition) is 1. The lowest BCUT2D eigenvalue weighted by atomic mass is 9.68. The lowest BCUT2D eigenvalue weighted by Gasteiger charge is -2.37. The third kappa shape index (κ3) is 6.27. The standard InChI is InChI=1S/C23H30BrF3O/c24-14-13-17-5-10-20(11-6-17)19-8-3-16(4-9-19)1-2-18-7-12-22(21(25)15-18)28-23(26)27/h7,12-17,19-20,23H,1-6,8-11H2. The Morgan fingerprint density at radius 2 is 1.64 bits per heavy atom. The fraction of sp³-hybridized carbons (Fsp3) is 0.652. The largest absolute Gasteiger partial charge is 0.432 e. The number of halogens is 4. The predicted molar refractivity (Wildman–Crippen MR) is 110 cm³/mol. The average Bonchev–Trinajstić information content (AvgIpc) is 2.69. The molecule has 0 aliphatic heterocycles. The van der Waals surface area contributed by atoms with E-state index < -0.39 is 12.4 Å². The summed E-state index contributed by atoms with van der Waals surface area (Å²) in [4.78, 5) is 2.01. The lowest BCUT2D eigenvalue weighted by Crippen LogP contribution is -2.25. The summed E-state index contributed by atoms with van der Waals surface area (Å²) in [5, 5.41) is 0. The van der Waals surface area contributed by atoms with Gasteiger partial charge in [0.05, 0.1) is 0 Å². The first-order valence-electron chi connectivity index (χ1n) is 10.5. The normalized spacial score (nSPS) is 28.8. The van der Waals surface area contributed by atoms with Crippen LogP contribution >= 0.6 is 15.9 Å². The first kappa shape index (κ1) is 21.7. The van der Waals surface area contributed by atoms with Crippen LogP contribution in [0.15, 0.2) is 29.3 Å². The van der Waals surface area contributed by atoms with Gasteiger partial charge in [0.2, 0.25) is 0 Å². The highest BCUT2D eigenvalue weighted by molar-refractivity contribution is 9.11. The summed E-state index contributed by atoms with van der Waals surface area (Å²) in [5.74, 6) is 2.16. The maximum Gasteiger partial charge on any atom is 0.387 e. The molecule has 156 valence electrons. The van der Waals surface area contributed by atoms with E-state index in [0.717, 1.165) is 36.2 Å². The summed E-state index contributed by atoms with van der Waals surface area (Å²) in [6.07, 6.45) is 14.7. The van der Waals surface area contributed by atoms with Gasteiger partial charge in [0.15, 0.2) is 11.6 Å². The summed E-state index contributed by atoms with van der Waals surface area (Å²) in [5.41, 5.74) is 0.861. The van der Waals surface area contributed by atoms with Gasteiger partial charge in [-0.2, -0.15) is 8.78 Å². The zero-order valence-electron chi connectivity index (χ0n) is 16.3. The zero-order chi connectivity index (χ0) is 19.9. The Labute approximate surface area is 174 Å². The molecule has 0 heterocycles. The Balaban J connectivity index is 1.39. The third-order valence-electron chi connectivity index (χ3n) is 6.77. The molecule has 0 bridgehead atoms. The highest BCUT2D eigenvalue weighted by Gasteiger charge is 2.30. The second-order valence-electron chi connectivity index (χ2n) is 8.46. The van der Waals surface area contributed by atoms with Crippen molar-refractivity contribution in [2.24, 2.45) is 23.7 Å². The summed E-state index contributed by atoms with van der Waals surface area (Å²) < 4.78 is 42.4. The molecule has 0 amide bonds. The molecule has 3 rings (SSSR count). The molecule has 0 N–H and O–H groups in total. The van der Waals surface area contributed by atoms with E-state index in [4.69, 9.17) is 0 Å². The van der Waals surface area contributed by atoms with Crippen LogP contribution in [-0.4, -0.2) is 6.61 Å². The third-order valence-corrected chi connectivity index (χ3v) is 7.08. The second-order valence-corrected chi connectivity index (χ2v) is 8.98. The van der Waals surface area contributed by atoms with E-state index in [1.54, 1.807) is 6.07 Å². The molecule has 0 unspecified atom stereocenters. The Hall–Kier alpha value is -0.970. The van der Waals surface area contributed by atoms with Crippen molar-refractivity contribution in [1.82, 2.24) is 0 Å². The van der Waals surface area contributed by atoms with Gasteiger partial charge in [-0.05, 0) is 97.7 Å². The number of hydrogen-bond donors (Lipinski definition) is 0. The van der Waals surface area contributed by atoms with Crippen LogP contribution in [0, 0.1) is 29.5 Å². The van der Waals surface area contributed by atoms with Gasteiger partial charge in [-0.15, -0.1) is 0 Å². The van der Waals surface area contributed by atoms with Gasteiger partial charge in [-0.1, -0.05) is 40.9 Å². The number of benzene rings is 1. The smallest absolute Gasteiger partial charge is 0.387 e. The lowest BCUT2D eigenvalue weighted by molar-refractivity contribution is -0.0522. The van der Waals surface area contributed by atoms with Gasteiger partial charge in [0.1, 0.15) is 0 Å². The van der Waals surface area contributed by atoms with Gasteiger partial charge in [0, 0.05) is 0 Å². The van der Waals surface area contributed by atoms with E-state index in [0.29, 0.717) is 5.92 Å². The molecule has 0 atom stereocenters. The first-order chi connectivity index (χ1) is 13.5. The maximum atomic E-state index is 13.8. The molecule has 5 heteroatoms. The maximum absolute atomic E-state index is 13.8. The number of ether oxygens (including phenoxy) is 1. The Morgan fingerprint density at radius 3 is 2.21 bits per heavy atom. The van der Waals surface area contributed by atoms with Crippen molar-refractivity contribution < 1.29 is 17.9 Å². The number of rotatable bonds is 7. The summed E-state index contributed by atoms with van der Waals surface area (Å²) >= 11 is 3.39. The Morgan fingerprint density at radius 1 is 1.00 bits per heavy atom. The molecule has 1 aromatic carbocycles. The second kappa shape index (κ2) is 10.7. The van der Waals surface area contributed by atoms with E-state index in [1.165, 1.54) is 63.5 Å². The van der Waals surface area contributed by atoms with Gasteiger partial charge >= 0.3 is 6.61 Å². The van der Waals surface area contributed by atoms with E-state index >= 15 is 0 Å². The molecule has 0 radical (unpaired) electrons. The van der Waals surface area contributed by atoms with Crippen LogP contribution in [-0.2, 0) is 6.42 Å². The molecule has 2 aliphatic carbocycles. The van der Waals surface area contributed by atoms with E-state index in [2.05, 4.69) is 26.7 Å². The molecule has 2 aliphatic rings. The summed E-state index contributed by atoms with van der Waals surface area (Å²) in [6, 6.07) is 4.35. The van der Waals surface area contributed by atoms with Crippen molar-refractivity contribution in [2.45, 2.75) is 70.8 Å². The fourth-order valence-electron chi connectivity index (χ4n) is 5.12. The van der Waals surface area contributed by atoms with Crippen LogP contribution in [0.5, 0.6) is 5.75 Å². The highest BCUT2D eigenvalue weighted by atomic mass is 79.9. The van der Waals surface area contributed by atoms with E-state index in [9.17, 15) is 13.2 Å². The van der Waals surface area contributed by atoms with Crippen LogP contribution < -0.4 is 4.74 Å². The molecule has 28 heavy (non-hydrogen) atoms. The van der Waals surface area contributed by atoms with Crippen LogP contribution in [0.25, 0.3) is 0 Å². The average molecular weight is 459 g/mol. The first-order valence-corrected chi connectivity index (χ1v) is 11.5. The van der Waals surface area contributed by atoms with Crippen LogP contribution in [0.2, 0.25) is 0 Å². The topological polar surface area (TPSA) is 9.23 Å². The number of alkyl halides is 2. The molecule has 1 aromatic rings. The minimum atomic E-state index is -2.99. The number of allylic oxidation sites excluding steroid dienone is 1. The van der Waals surface area contributed by atoms with Crippen LogP contribution in [0.3, 0.4) is 0 Å². The van der Waals surface area contributed by atoms with Crippen molar-refractivity contribution in [3.63, 3.8) is 0 Å². The zero-order valence-corrected chi connectivity index (χ0v) is 17.9. The highest BCUT2D eigenvalue weighted by Crippen LogP contribution is 2.42. The fourth-order valence-corrected chi connectivity index (χ4v) is 5.55. The molecule has 2 saturated carbocycles. The van der Waals surface area contributed by atoms with Crippen molar-refractivity contribution >= 4 is 15.9 Å². The summed E-state index contributed by atoms with van der Waals surface area (Å²) in [6.45, 7) is -2.99. The minimum absolute atomic E-state index is 0.374. The van der Waals surface area contributed by atoms with Gasteiger partial charge in [0.25, 0.3) is 0 Å². The van der Waals surface area contributed by atoms with E-state index in [-0.39, 0.29) is 5.75 Å². The van der Waals surface area contributed by atoms with Crippen LogP contribution in [0.4, 0.5) is 13.2 Å². The van der Waals surface area contributed by atoms with Gasteiger partial charge in [-0.25, -0.2) is 4.39 Å². The molecule has 0 spiro atoms. The molecule has 1 nitrogen and oxygen atoms in total. The van der Waals surface area contributed by atoms with Crippen molar-refractivity contribution in [2.75, 3.05) is 0 Å². The molecular formula is C23H30BrF3O. The van der Waals surface area contributed by atoms with Crippen molar-refractivity contribution in [3.05, 3.63) is 40.6 Å². The van der Waals surface area contributed by atoms with Crippen molar-refractivity contribution in [3.8, 4) is 5.75 Å². The van der Waals surface area contributed by atoms with Crippen LogP contribution in [0.1, 0.15) is 63.4 Å². The molecular weight excluding hydrogens is 429 g/mol. The molecule has 0 saturated heterocycles. The molecule has 0 aromatic heterocycles.